The summed E-state index contributed by atoms with van der Waals surface area (Å²) in [6, 6.07) is 9.03. The number of amides is 3. The standard InChI is InChI=1S/C21H17N5O6/c27-19(18-7-8-22-32-18)16-9-23-10-17-20(28)24(21(29)26(16,17)11-23)14-5-6-15(25(30)31)13-4-2-1-3-12(13)14/h1-8,16-17H,9-11H2,(H,30,31)/q+2. The molecule has 2 aromatic carbocycles. The lowest BCUT2D eigenvalue weighted by Crippen LogP contribution is -2.62. The second kappa shape index (κ2) is 6.28. The number of aromatic nitrogens is 1. The van der Waals surface area contributed by atoms with Crippen LogP contribution >= 0.6 is 0 Å². The largest absolute Gasteiger partial charge is 0.433 e. The van der Waals surface area contributed by atoms with Gasteiger partial charge in [0.15, 0.2) is 12.1 Å². The van der Waals surface area contributed by atoms with Gasteiger partial charge in [0.2, 0.25) is 5.76 Å². The molecule has 1 spiro atoms. The lowest BCUT2D eigenvalue weighted by atomic mass is 10.0. The number of rotatable bonds is 4. The third-order valence-electron chi connectivity index (χ3n) is 6.77. The first-order valence-electron chi connectivity index (χ1n) is 10.0. The molecule has 4 atom stereocenters. The molecule has 1 aromatic heterocycles. The van der Waals surface area contributed by atoms with Crippen molar-refractivity contribution in [2.24, 2.45) is 0 Å². The number of carbonyl (C=O) groups excluding carboxylic acids is 3. The van der Waals surface area contributed by atoms with Gasteiger partial charge in [-0.25, -0.2) is 19.4 Å². The summed E-state index contributed by atoms with van der Waals surface area (Å²) in [5.41, 5.74) is 0.314. The molecule has 11 heteroatoms. The SMILES string of the molecule is O=C(c1ccno1)C1C[N@@]2CC3C(=O)N(c4ccc([N+](=O)O)c5ccccc45)C(=O)[N+]13C2. The number of quaternary nitrogens is 1. The van der Waals surface area contributed by atoms with Crippen LogP contribution in [-0.2, 0) is 4.79 Å². The van der Waals surface area contributed by atoms with Gasteiger partial charge < -0.3 is 4.52 Å². The van der Waals surface area contributed by atoms with E-state index in [2.05, 4.69) is 5.16 Å². The van der Waals surface area contributed by atoms with Crippen molar-refractivity contribution in [3.8, 4) is 0 Å². The van der Waals surface area contributed by atoms with Crippen LogP contribution in [0.3, 0.4) is 0 Å². The van der Waals surface area contributed by atoms with E-state index in [9.17, 15) is 24.5 Å². The first-order valence-corrected chi connectivity index (χ1v) is 10.0. The van der Waals surface area contributed by atoms with Gasteiger partial charge in [0.1, 0.15) is 6.67 Å². The highest BCUT2D eigenvalue weighted by Gasteiger charge is 2.73. The molecule has 160 valence electrons. The average molecular weight is 435 g/mol. The van der Waals surface area contributed by atoms with Crippen LogP contribution < -0.4 is 4.90 Å². The third-order valence-corrected chi connectivity index (χ3v) is 6.77. The summed E-state index contributed by atoms with van der Waals surface area (Å²) in [6.07, 6.45) is 1.37. The summed E-state index contributed by atoms with van der Waals surface area (Å²) in [5, 5.41) is 13.9. The monoisotopic (exact) mass is 435 g/mol. The van der Waals surface area contributed by atoms with Crippen LogP contribution in [0.5, 0.6) is 0 Å². The minimum Gasteiger partial charge on any atom is -0.353 e. The van der Waals surface area contributed by atoms with Gasteiger partial charge in [-0.15, -0.1) is 0 Å². The molecular weight excluding hydrogens is 418 g/mol. The molecule has 4 heterocycles. The quantitative estimate of drug-likeness (QED) is 0.285. The first-order chi connectivity index (χ1) is 15.4. The highest BCUT2D eigenvalue weighted by Crippen LogP contribution is 2.46. The van der Waals surface area contributed by atoms with Crippen LogP contribution in [0, 0.1) is 4.91 Å². The predicted octanol–water partition coefficient (Wildman–Crippen LogP) is 1.82. The Balaban J connectivity index is 1.48. The normalized spacial score (nSPS) is 28.5. The lowest BCUT2D eigenvalue weighted by molar-refractivity contribution is -0.852. The molecule has 2 bridgehead atoms. The van der Waals surface area contributed by atoms with E-state index in [1.807, 2.05) is 4.90 Å². The molecule has 3 fully saturated rings. The van der Waals surface area contributed by atoms with Crippen LogP contribution in [0.2, 0.25) is 0 Å². The summed E-state index contributed by atoms with van der Waals surface area (Å²) in [6.45, 7) is 0.984. The van der Waals surface area contributed by atoms with E-state index in [0.717, 1.165) is 4.90 Å². The summed E-state index contributed by atoms with van der Waals surface area (Å²) in [5.74, 6) is -0.699. The van der Waals surface area contributed by atoms with Crippen molar-refractivity contribution in [2.45, 2.75) is 12.1 Å². The Morgan fingerprint density at radius 2 is 1.91 bits per heavy atom. The van der Waals surface area contributed by atoms with Gasteiger partial charge in [0.05, 0.1) is 35.3 Å². The van der Waals surface area contributed by atoms with Crippen molar-refractivity contribution in [3.63, 3.8) is 0 Å². The maximum Gasteiger partial charge on any atom is 0.433 e. The number of benzene rings is 2. The molecule has 1 N–H and O–H groups in total. The van der Waals surface area contributed by atoms with Crippen LogP contribution in [0.1, 0.15) is 10.6 Å². The van der Waals surface area contributed by atoms with Gasteiger partial charge in [-0.05, 0) is 12.1 Å². The number of fused-ring (bicyclic) bond motifs is 2. The van der Waals surface area contributed by atoms with Gasteiger partial charge in [-0.1, -0.05) is 23.4 Å². The van der Waals surface area contributed by atoms with E-state index in [1.165, 1.54) is 24.4 Å². The van der Waals surface area contributed by atoms with Gasteiger partial charge in [0.25, 0.3) is 16.6 Å². The van der Waals surface area contributed by atoms with Crippen molar-refractivity contribution in [1.29, 1.82) is 0 Å². The zero-order chi connectivity index (χ0) is 22.2. The number of piperazine rings is 1. The summed E-state index contributed by atoms with van der Waals surface area (Å²) in [4.78, 5) is 54.9. The molecule has 0 aliphatic carbocycles. The predicted molar refractivity (Wildman–Crippen MR) is 107 cm³/mol. The average Bonchev–Trinajstić information content (AvgIpc) is 3.56. The maximum absolute atomic E-state index is 13.9. The second-order valence-corrected chi connectivity index (χ2v) is 8.26. The topological polar surface area (TPSA) is 124 Å². The van der Waals surface area contributed by atoms with Crippen LogP contribution in [0.25, 0.3) is 10.8 Å². The van der Waals surface area contributed by atoms with E-state index >= 15 is 0 Å². The Morgan fingerprint density at radius 3 is 2.62 bits per heavy atom. The zero-order valence-corrected chi connectivity index (χ0v) is 16.6. The fourth-order valence-electron chi connectivity index (χ4n) is 5.40. The number of nitrogens with zero attached hydrogens (tertiary/aromatic N) is 5. The van der Waals surface area contributed by atoms with Crippen LogP contribution in [-0.4, -0.2) is 74.2 Å². The minimum atomic E-state index is -0.775. The summed E-state index contributed by atoms with van der Waals surface area (Å²) >= 11 is 0. The third kappa shape index (κ3) is 2.21. The number of ketones is 1. The van der Waals surface area contributed by atoms with Gasteiger partial charge in [-0.2, -0.15) is 4.90 Å². The van der Waals surface area contributed by atoms with Gasteiger partial charge >= 0.3 is 11.7 Å². The smallest absolute Gasteiger partial charge is 0.353 e. The second-order valence-electron chi connectivity index (χ2n) is 8.26. The van der Waals surface area contributed by atoms with Gasteiger partial charge in [0, 0.05) is 17.5 Å². The minimum absolute atomic E-state index is 0.00158. The Morgan fingerprint density at radius 1 is 1.12 bits per heavy atom. The van der Waals surface area contributed by atoms with E-state index in [0.29, 0.717) is 29.5 Å². The number of Topliss-reactive ketones (excluding diaryl/α,β-unsaturated/α-hetero) is 1. The maximum atomic E-state index is 13.9. The van der Waals surface area contributed by atoms with Crippen LogP contribution in [0.15, 0.2) is 53.2 Å². The highest BCUT2D eigenvalue weighted by molar-refractivity contribution is 6.22. The summed E-state index contributed by atoms with van der Waals surface area (Å²) < 4.78 is 4.73. The van der Waals surface area contributed by atoms with E-state index in [-0.39, 0.29) is 33.3 Å². The lowest BCUT2D eigenvalue weighted by Gasteiger charge is -2.32. The number of anilines is 1. The Kier molecular flexibility index (Phi) is 3.68. The molecule has 11 nitrogen and oxygen atoms in total. The zero-order valence-electron chi connectivity index (χ0n) is 16.6. The molecular formula is C21H17N5O6+2. The molecule has 3 amide bonds. The number of imide groups is 1. The van der Waals surface area contributed by atoms with Gasteiger partial charge in [-0.3, -0.25) is 9.59 Å². The molecule has 0 saturated carbocycles. The van der Waals surface area contributed by atoms with Crippen molar-refractivity contribution in [3.05, 3.63) is 59.3 Å². The Bertz CT molecular complexity index is 1340. The molecule has 3 saturated heterocycles. The molecule has 3 aliphatic heterocycles. The van der Waals surface area contributed by atoms with E-state index in [1.54, 1.807) is 24.3 Å². The molecule has 0 radical (unpaired) electrons. The van der Waals surface area contributed by atoms with Crippen molar-refractivity contribution in [1.82, 2.24) is 10.1 Å². The number of carbonyl (C=O) groups is 3. The highest BCUT2D eigenvalue weighted by atomic mass is 16.6. The molecule has 32 heavy (non-hydrogen) atoms. The van der Waals surface area contributed by atoms with Crippen molar-refractivity contribution in [2.75, 3.05) is 24.7 Å². The molecule has 3 aromatic rings. The number of hydrogen-bond donors (Lipinski definition) is 1. The van der Waals surface area contributed by atoms with Crippen molar-refractivity contribution >= 4 is 39.9 Å². The number of urea groups is 1. The van der Waals surface area contributed by atoms with E-state index in [4.69, 9.17) is 4.52 Å². The van der Waals surface area contributed by atoms with E-state index < -0.39 is 24.0 Å². The number of hydrogen-bond acceptors (Lipinski definition) is 7. The Labute approximate surface area is 180 Å². The Hall–Kier alpha value is -3.96. The first kappa shape index (κ1) is 18.8. The summed E-state index contributed by atoms with van der Waals surface area (Å²) in [7, 11) is 0. The molecule has 3 unspecified atom stereocenters. The van der Waals surface area contributed by atoms with Crippen molar-refractivity contribution < 1.29 is 33.5 Å². The van der Waals surface area contributed by atoms with Crippen LogP contribution in [0.4, 0.5) is 16.2 Å². The molecule has 6 rings (SSSR count). The fourth-order valence-corrected chi connectivity index (χ4v) is 5.40. The fraction of sp³-hybridized carbons (Fsp3) is 0.238. The molecule has 3 aliphatic rings.